The topological polar surface area (TPSA) is 200 Å². The van der Waals surface area contributed by atoms with Gasteiger partial charge in [0.25, 0.3) is 0 Å². The fourth-order valence-corrected chi connectivity index (χ4v) is 6.54. The maximum absolute atomic E-state index is 14.2. The number of aromatic hydroxyl groups is 1. The number of rotatable bonds is 20. The Labute approximate surface area is 331 Å². The van der Waals surface area contributed by atoms with Crippen LogP contribution in [0.5, 0.6) is 5.75 Å². The van der Waals surface area contributed by atoms with Gasteiger partial charge in [0.1, 0.15) is 29.9 Å². The highest BCUT2D eigenvalue weighted by molar-refractivity contribution is 5.95. The van der Waals surface area contributed by atoms with Crippen molar-refractivity contribution in [2.75, 3.05) is 6.54 Å². The lowest BCUT2D eigenvalue weighted by Crippen LogP contribution is -2.58. The van der Waals surface area contributed by atoms with Gasteiger partial charge in [-0.3, -0.25) is 19.2 Å². The molecule has 0 saturated carbocycles. The molecule has 0 aromatic heterocycles. The number of carbonyl (C=O) groups is 5. The molecule has 0 aliphatic heterocycles. The number of benzene rings is 5. The number of unbranched alkanes of at least 4 members (excludes halogenated alkanes) is 1. The van der Waals surface area contributed by atoms with Crippen LogP contribution in [0.3, 0.4) is 0 Å². The zero-order chi connectivity index (χ0) is 40.6. The normalized spacial score (nSPS) is 13.1. The highest BCUT2D eigenvalue weighted by Gasteiger charge is 2.32. The highest BCUT2D eigenvalue weighted by atomic mass is 16.4. The Kier molecular flexibility index (Phi) is 15.3. The average Bonchev–Trinajstić information content (AvgIpc) is 3.21. The van der Waals surface area contributed by atoms with E-state index in [0.29, 0.717) is 24.9 Å². The number of amides is 4. The van der Waals surface area contributed by atoms with Gasteiger partial charge in [-0.2, -0.15) is 0 Å². The highest BCUT2D eigenvalue weighted by Crippen LogP contribution is 2.17. The van der Waals surface area contributed by atoms with E-state index in [1.165, 1.54) is 12.1 Å². The summed E-state index contributed by atoms with van der Waals surface area (Å²) in [6.07, 6.45) is 1.36. The Balaban J connectivity index is 1.35. The van der Waals surface area contributed by atoms with Crippen molar-refractivity contribution in [3.8, 4) is 5.75 Å². The summed E-state index contributed by atoms with van der Waals surface area (Å²) in [6.45, 7) is 0.350. The molecule has 0 bridgehead atoms. The second-order valence-electron chi connectivity index (χ2n) is 14.0. The van der Waals surface area contributed by atoms with Crippen molar-refractivity contribution in [2.24, 2.45) is 5.73 Å². The standard InChI is InChI=1S/C45H49N5O7/c46-24-10-9-17-37(42(53)50-40(45(56)57)28-32-19-22-36(51)23-20-32)48-44(55)39(27-31-13-5-2-6-14-31)49-43(54)38(26-30-11-3-1-4-12-30)47-41(52)29-33-18-21-34-15-7-8-16-35(34)25-33/h1-8,11-16,18-23,25,37-40,51H,9-10,17,24,26-29,46H2,(H,47,52)(H,48,55)(H,49,54)(H,50,53)(H,56,57)/t37-,38-,39-,40-/m0/s1. The minimum Gasteiger partial charge on any atom is -0.508 e. The lowest BCUT2D eigenvalue weighted by molar-refractivity contribution is -0.142. The van der Waals surface area contributed by atoms with Crippen LogP contribution >= 0.6 is 0 Å². The van der Waals surface area contributed by atoms with Crippen LogP contribution in [-0.2, 0) is 49.7 Å². The molecule has 5 rings (SSSR count). The molecule has 0 heterocycles. The van der Waals surface area contributed by atoms with Crippen molar-refractivity contribution < 1.29 is 34.2 Å². The summed E-state index contributed by atoms with van der Waals surface area (Å²) in [4.78, 5) is 67.8. The molecule has 12 nitrogen and oxygen atoms in total. The van der Waals surface area contributed by atoms with Crippen LogP contribution in [0.25, 0.3) is 10.8 Å². The van der Waals surface area contributed by atoms with Gasteiger partial charge in [-0.1, -0.05) is 115 Å². The Hall–Kier alpha value is -6.53. The molecule has 12 heteroatoms. The van der Waals surface area contributed by atoms with Gasteiger partial charge in [0.15, 0.2) is 0 Å². The fraction of sp³-hybridized carbons (Fsp3) is 0.267. The summed E-state index contributed by atoms with van der Waals surface area (Å²) < 4.78 is 0. The predicted molar refractivity (Wildman–Crippen MR) is 218 cm³/mol. The van der Waals surface area contributed by atoms with Gasteiger partial charge in [-0.25, -0.2) is 4.79 Å². The monoisotopic (exact) mass is 771 g/mol. The first-order valence-corrected chi connectivity index (χ1v) is 19.0. The van der Waals surface area contributed by atoms with Crippen LogP contribution in [0.1, 0.15) is 41.5 Å². The Morgan fingerprint density at radius 1 is 0.509 bits per heavy atom. The molecule has 0 spiro atoms. The van der Waals surface area contributed by atoms with Crippen molar-refractivity contribution in [3.63, 3.8) is 0 Å². The van der Waals surface area contributed by atoms with Crippen molar-refractivity contribution in [2.45, 2.75) is 69.1 Å². The largest absolute Gasteiger partial charge is 0.508 e. The Morgan fingerprint density at radius 3 is 1.58 bits per heavy atom. The second-order valence-corrected chi connectivity index (χ2v) is 14.0. The van der Waals surface area contributed by atoms with Crippen LogP contribution in [-0.4, -0.2) is 70.5 Å². The van der Waals surface area contributed by atoms with E-state index in [0.717, 1.165) is 27.5 Å². The second kappa shape index (κ2) is 21.0. The van der Waals surface area contributed by atoms with Crippen LogP contribution in [0.2, 0.25) is 0 Å². The van der Waals surface area contributed by atoms with Crippen molar-refractivity contribution in [1.82, 2.24) is 21.3 Å². The first-order chi connectivity index (χ1) is 27.6. The van der Waals surface area contributed by atoms with Crippen molar-refractivity contribution in [3.05, 3.63) is 150 Å². The Bertz CT molecular complexity index is 2110. The lowest BCUT2D eigenvalue weighted by Gasteiger charge is -2.26. The number of carbonyl (C=O) groups excluding carboxylic acids is 4. The molecule has 0 aliphatic carbocycles. The number of hydrogen-bond acceptors (Lipinski definition) is 7. The molecule has 0 saturated heterocycles. The third-order valence-corrected chi connectivity index (χ3v) is 9.60. The zero-order valence-corrected chi connectivity index (χ0v) is 31.6. The van der Waals surface area contributed by atoms with Gasteiger partial charge < -0.3 is 37.2 Å². The van der Waals surface area contributed by atoms with Gasteiger partial charge in [-0.15, -0.1) is 0 Å². The summed E-state index contributed by atoms with van der Waals surface area (Å²) in [6, 6.07) is 33.1. The maximum Gasteiger partial charge on any atom is 0.326 e. The van der Waals surface area contributed by atoms with Crippen molar-refractivity contribution >= 4 is 40.4 Å². The van der Waals surface area contributed by atoms with E-state index >= 15 is 0 Å². The number of hydrogen-bond donors (Lipinski definition) is 7. The minimum absolute atomic E-state index is 0.0178. The molecule has 5 aromatic rings. The van der Waals surface area contributed by atoms with Gasteiger partial charge in [0.05, 0.1) is 6.42 Å². The quantitative estimate of drug-likeness (QED) is 0.0577. The number of nitrogens with two attached hydrogens (primary N) is 1. The average molecular weight is 772 g/mol. The van der Waals surface area contributed by atoms with Crippen LogP contribution < -0.4 is 27.0 Å². The minimum atomic E-state index is -1.33. The number of carboxylic acid groups (broad SMARTS) is 1. The maximum atomic E-state index is 14.2. The smallest absolute Gasteiger partial charge is 0.326 e. The number of fused-ring (bicyclic) bond motifs is 1. The molecule has 0 fully saturated rings. The molecule has 8 N–H and O–H groups in total. The molecular formula is C45H49N5O7. The Morgan fingerprint density at radius 2 is 0.982 bits per heavy atom. The molecule has 296 valence electrons. The number of aliphatic carboxylic acids is 1. The molecule has 4 amide bonds. The number of nitrogens with one attached hydrogen (secondary N) is 4. The third kappa shape index (κ3) is 13.0. The summed E-state index contributed by atoms with van der Waals surface area (Å²) in [7, 11) is 0. The summed E-state index contributed by atoms with van der Waals surface area (Å²) in [5, 5.41) is 32.7. The molecule has 5 aromatic carbocycles. The molecule has 0 radical (unpaired) electrons. The molecule has 57 heavy (non-hydrogen) atoms. The van der Waals surface area contributed by atoms with E-state index in [1.54, 1.807) is 24.3 Å². The number of phenols is 1. The molecule has 0 unspecified atom stereocenters. The number of phenolic OH excluding ortho intramolecular Hbond substituents is 1. The SMILES string of the molecule is NCCCC[C@H](NC(=O)[C@H](Cc1ccccc1)NC(=O)[C@H](Cc1ccccc1)NC(=O)Cc1ccc2ccccc2c1)C(=O)N[C@@H](Cc1ccc(O)cc1)C(=O)O. The molecule has 0 aliphatic rings. The van der Waals surface area contributed by atoms with Gasteiger partial charge >= 0.3 is 5.97 Å². The first kappa shape index (κ1) is 41.6. The van der Waals surface area contributed by atoms with E-state index < -0.39 is 47.9 Å². The fourth-order valence-electron chi connectivity index (χ4n) is 6.54. The lowest BCUT2D eigenvalue weighted by atomic mass is 10.0. The van der Waals surface area contributed by atoms with Crippen LogP contribution in [0, 0.1) is 0 Å². The first-order valence-electron chi connectivity index (χ1n) is 19.0. The molecule has 4 atom stereocenters. The summed E-state index contributed by atoms with van der Waals surface area (Å²) in [5.74, 6) is -3.59. The predicted octanol–water partition coefficient (Wildman–Crippen LogP) is 3.97. The van der Waals surface area contributed by atoms with Gasteiger partial charge in [-0.05, 0) is 71.0 Å². The third-order valence-electron chi connectivity index (χ3n) is 9.60. The van der Waals surface area contributed by atoms with E-state index in [-0.39, 0.29) is 43.8 Å². The zero-order valence-electron chi connectivity index (χ0n) is 31.6. The van der Waals surface area contributed by atoms with Crippen LogP contribution in [0.4, 0.5) is 0 Å². The van der Waals surface area contributed by atoms with Crippen LogP contribution in [0.15, 0.2) is 127 Å². The van der Waals surface area contributed by atoms with Gasteiger partial charge in [0, 0.05) is 19.3 Å². The number of carboxylic acids is 1. The van der Waals surface area contributed by atoms with E-state index in [2.05, 4.69) is 21.3 Å². The van der Waals surface area contributed by atoms with E-state index in [1.807, 2.05) is 91.0 Å². The van der Waals surface area contributed by atoms with Gasteiger partial charge in [0.2, 0.25) is 23.6 Å². The summed E-state index contributed by atoms with van der Waals surface area (Å²) >= 11 is 0. The molecular weight excluding hydrogens is 723 g/mol. The van der Waals surface area contributed by atoms with E-state index in [4.69, 9.17) is 5.73 Å². The van der Waals surface area contributed by atoms with E-state index in [9.17, 15) is 34.2 Å². The van der Waals surface area contributed by atoms with Crippen molar-refractivity contribution in [1.29, 1.82) is 0 Å². The summed E-state index contributed by atoms with van der Waals surface area (Å²) in [5.41, 5.74) is 8.60.